The summed E-state index contributed by atoms with van der Waals surface area (Å²) in [4.78, 5) is 16.2. The van der Waals surface area contributed by atoms with Crippen LogP contribution in [0.15, 0.2) is 60.8 Å². The second-order valence-corrected chi connectivity index (χ2v) is 6.35. The highest BCUT2D eigenvalue weighted by atomic mass is 16.5. The van der Waals surface area contributed by atoms with Gasteiger partial charge >= 0.3 is 0 Å². The van der Waals surface area contributed by atoms with Crippen LogP contribution in [0, 0.1) is 6.92 Å². The molecular weight excluding hydrogens is 324 g/mol. The van der Waals surface area contributed by atoms with Crippen molar-refractivity contribution in [3.05, 3.63) is 83.2 Å². The summed E-state index contributed by atoms with van der Waals surface area (Å²) in [7, 11) is 1.64. The second kappa shape index (κ2) is 7.40. The molecule has 3 aromatic rings. The van der Waals surface area contributed by atoms with E-state index in [-0.39, 0.29) is 5.92 Å². The molecule has 26 heavy (non-hydrogen) atoms. The van der Waals surface area contributed by atoms with Crippen molar-refractivity contribution >= 4 is 5.91 Å². The number of carbonyl (C=O) groups is 1. The van der Waals surface area contributed by atoms with Gasteiger partial charge in [-0.2, -0.15) is 0 Å². The van der Waals surface area contributed by atoms with Crippen molar-refractivity contribution in [2.24, 2.45) is 5.73 Å². The van der Waals surface area contributed by atoms with Crippen LogP contribution < -0.4 is 10.5 Å². The maximum absolute atomic E-state index is 12.0. The number of nitrogens with zero attached hydrogens (tertiary/aromatic N) is 1. The predicted molar refractivity (Wildman–Crippen MR) is 103 cm³/mol. The lowest BCUT2D eigenvalue weighted by molar-refractivity contribution is 0.0999. The third kappa shape index (κ3) is 3.59. The number of pyridine rings is 1. The van der Waals surface area contributed by atoms with Gasteiger partial charge in [0.15, 0.2) is 0 Å². The Hall–Kier alpha value is -3.14. The Morgan fingerprint density at radius 1 is 1.08 bits per heavy atom. The lowest BCUT2D eigenvalue weighted by atomic mass is 9.87. The van der Waals surface area contributed by atoms with Crippen LogP contribution in [0.2, 0.25) is 0 Å². The van der Waals surface area contributed by atoms with Crippen LogP contribution in [0.3, 0.4) is 0 Å². The molecule has 1 atom stereocenters. The zero-order valence-electron chi connectivity index (χ0n) is 15.2. The Morgan fingerprint density at radius 3 is 2.54 bits per heavy atom. The molecule has 0 aliphatic carbocycles. The average molecular weight is 346 g/mol. The number of amides is 1. The lowest BCUT2D eigenvalue weighted by Crippen LogP contribution is -2.15. The van der Waals surface area contributed by atoms with Crippen LogP contribution in [0.5, 0.6) is 5.75 Å². The quantitative estimate of drug-likeness (QED) is 0.748. The molecule has 0 spiro atoms. The van der Waals surface area contributed by atoms with Crippen molar-refractivity contribution in [3.63, 3.8) is 0 Å². The van der Waals surface area contributed by atoms with E-state index in [9.17, 15) is 4.79 Å². The first kappa shape index (κ1) is 17.7. The highest BCUT2D eigenvalue weighted by molar-refractivity contribution is 5.95. The van der Waals surface area contributed by atoms with Crippen LogP contribution in [-0.4, -0.2) is 18.0 Å². The van der Waals surface area contributed by atoms with E-state index in [2.05, 4.69) is 11.9 Å². The minimum absolute atomic E-state index is 0.00418. The summed E-state index contributed by atoms with van der Waals surface area (Å²) in [6.07, 6.45) is 1.79. The molecule has 3 rings (SSSR count). The van der Waals surface area contributed by atoms with Crippen molar-refractivity contribution in [2.75, 3.05) is 7.11 Å². The topological polar surface area (TPSA) is 65.2 Å². The Kier molecular flexibility index (Phi) is 5.03. The molecule has 2 N–H and O–H groups in total. The number of aromatic nitrogens is 1. The number of hydrogen-bond acceptors (Lipinski definition) is 3. The van der Waals surface area contributed by atoms with Crippen LogP contribution in [0.1, 0.15) is 40.0 Å². The van der Waals surface area contributed by atoms with Crippen LogP contribution in [-0.2, 0) is 0 Å². The van der Waals surface area contributed by atoms with E-state index in [1.807, 2.05) is 55.5 Å². The number of aryl methyl sites for hydroxylation is 1. The summed E-state index contributed by atoms with van der Waals surface area (Å²) >= 11 is 0. The number of carbonyl (C=O) groups excluding carboxylic acids is 1. The van der Waals surface area contributed by atoms with Gasteiger partial charge in [0.05, 0.1) is 7.11 Å². The molecule has 2 aromatic carbocycles. The molecular formula is C22H22N2O2. The first-order chi connectivity index (χ1) is 12.5. The van der Waals surface area contributed by atoms with Gasteiger partial charge in [0.25, 0.3) is 0 Å². The monoisotopic (exact) mass is 346 g/mol. The smallest absolute Gasteiger partial charge is 0.248 e. The van der Waals surface area contributed by atoms with E-state index in [4.69, 9.17) is 10.5 Å². The molecule has 1 aromatic heterocycles. The van der Waals surface area contributed by atoms with E-state index < -0.39 is 5.91 Å². The molecule has 0 saturated carbocycles. The molecule has 4 heteroatoms. The van der Waals surface area contributed by atoms with E-state index in [1.165, 1.54) is 0 Å². The first-order valence-electron chi connectivity index (χ1n) is 8.50. The van der Waals surface area contributed by atoms with Gasteiger partial charge in [-0.3, -0.25) is 9.78 Å². The van der Waals surface area contributed by atoms with Gasteiger partial charge in [0.1, 0.15) is 5.75 Å². The molecule has 0 aliphatic rings. The summed E-state index contributed by atoms with van der Waals surface area (Å²) in [6, 6.07) is 17.6. The minimum Gasteiger partial charge on any atom is -0.497 e. The minimum atomic E-state index is -0.424. The largest absolute Gasteiger partial charge is 0.497 e. The van der Waals surface area contributed by atoms with E-state index in [0.717, 1.165) is 33.7 Å². The molecule has 0 saturated heterocycles. The number of methoxy groups -OCH3 is 1. The Labute approximate surface area is 153 Å². The highest BCUT2D eigenvalue weighted by Crippen LogP contribution is 2.32. The van der Waals surface area contributed by atoms with Crippen LogP contribution >= 0.6 is 0 Å². The SMILES string of the molecule is COc1cccc([C@@H](C)c2cc(-c3ccnc(C)c3)ccc2C(N)=O)c1. The molecule has 0 radical (unpaired) electrons. The van der Waals surface area contributed by atoms with Crippen molar-refractivity contribution in [1.29, 1.82) is 0 Å². The molecule has 0 unspecified atom stereocenters. The van der Waals surface area contributed by atoms with Gasteiger partial charge < -0.3 is 10.5 Å². The van der Waals surface area contributed by atoms with Crippen molar-refractivity contribution in [3.8, 4) is 16.9 Å². The summed E-state index contributed by atoms with van der Waals surface area (Å²) in [6.45, 7) is 4.03. The maximum atomic E-state index is 12.0. The van der Waals surface area contributed by atoms with Gasteiger partial charge in [-0.1, -0.05) is 25.1 Å². The molecule has 1 heterocycles. The van der Waals surface area contributed by atoms with Crippen molar-refractivity contribution in [2.45, 2.75) is 19.8 Å². The Balaban J connectivity index is 2.11. The van der Waals surface area contributed by atoms with Gasteiger partial charge in [0, 0.05) is 23.4 Å². The highest BCUT2D eigenvalue weighted by Gasteiger charge is 2.17. The molecule has 0 bridgehead atoms. The number of benzene rings is 2. The fourth-order valence-corrected chi connectivity index (χ4v) is 3.14. The first-order valence-corrected chi connectivity index (χ1v) is 8.50. The van der Waals surface area contributed by atoms with Crippen LogP contribution in [0.4, 0.5) is 0 Å². The maximum Gasteiger partial charge on any atom is 0.248 e. The summed E-state index contributed by atoms with van der Waals surface area (Å²) < 4.78 is 5.33. The molecule has 0 fully saturated rings. The number of primary amides is 1. The fourth-order valence-electron chi connectivity index (χ4n) is 3.14. The normalized spacial score (nSPS) is 11.8. The standard InChI is InChI=1S/C22H22N2O2/c1-14-11-18(9-10-24-14)17-7-8-20(22(23)25)21(13-17)15(2)16-5-4-6-19(12-16)26-3/h4-13,15H,1-3H3,(H2,23,25)/t15-/m1/s1. The van der Waals surface area contributed by atoms with E-state index in [0.29, 0.717) is 5.56 Å². The Bertz CT molecular complexity index is 950. The van der Waals surface area contributed by atoms with Gasteiger partial charge in [-0.15, -0.1) is 0 Å². The number of nitrogens with two attached hydrogens (primary N) is 1. The predicted octanol–water partition coefficient (Wildman–Crippen LogP) is 4.32. The zero-order valence-corrected chi connectivity index (χ0v) is 15.2. The number of ether oxygens (including phenoxy) is 1. The van der Waals surface area contributed by atoms with Gasteiger partial charge in [0.2, 0.25) is 5.91 Å². The summed E-state index contributed by atoms with van der Waals surface area (Å²) in [5, 5.41) is 0. The van der Waals surface area contributed by atoms with E-state index >= 15 is 0 Å². The second-order valence-electron chi connectivity index (χ2n) is 6.35. The third-order valence-corrected chi connectivity index (χ3v) is 4.61. The zero-order chi connectivity index (χ0) is 18.7. The Morgan fingerprint density at radius 2 is 1.85 bits per heavy atom. The lowest BCUT2D eigenvalue weighted by Gasteiger charge is -2.18. The van der Waals surface area contributed by atoms with Crippen molar-refractivity contribution in [1.82, 2.24) is 4.98 Å². The number of rotatable bonds is 5. The van der Waals surface area contributed by atoms with Gasteiger partial charge in [-0.05, 0) is 65.6 Å². The molecule has 4 nitrogen and oxygen atoms in total. The third-order valence-electron chi connectivity index (χ3n) is 4.61. The molecule has 1 amide bonds. The van der Waals surface area contributed by atoms with Gasteiger partial charge in [-0.25, -0.2) is 0 Å². The van der Waals surface area contributed by atoms with E-state index in [1.54, 1.807) is 19.4 Å². The average Bonchev–Trinajstić information content (AvgIpc) is 2.67. The number of hydrogen-bond donors (Lipinski definition) is 1. The summed E-state index contributed by atoms with van der Waals surface area (Å²) in [5.74, 6) is 0.360. The molecule has 0 aliphatic heterocycles. The van der Waals surface area contributed by atoms with Crippen LogP contribution in [0.25, 0.3) is 11.1 Å². The molecule has 132 valence electrons. The fraction of sp³-hybridized carbons (Fsp3) is 0.182. The summed E-state index contributed by atoms with van der Waals surface area (Å²) in [5.41, 5.74) is 11.2. The van der Waals surface area contributed by atoms with Crippen molar-refractivity contribution < 1.29 is 9.53 Å².